The Labute approximate surface area is 150 Å². The van der Waals surface area contributed by atoms with E-state index in [9.17, 15) is 0 Å². The van der Waals surface area contributed by atoms with Crippen molar-refractivity contribution in [2.75, 3.05) is 12.5 Å². The molecule has 0 amide bonds. The molecule has 0 aliphatic carbocycles. The third kappa shape index (κ3) is 2.89. The monoisotopic (exact) mass is 350 g/mol. The van der Waals surface area contributed by atoms with E-state index in [1.165, 1.54) is 32.0 Å². The molecule has 0 saturated heterocycles. The van der Waals surface area contributed by atoms with Crippen molar-refractivity contribution in [2.45, 2.75) is 21.3 Å². The first-order valence-electron chi connectivity index (χ1n) is 8.24. The molecule has 0 fully saturated rings. The first-order valence-corrected chi connectivity index (χ1v) is 11.8. The summed E-state index contributed by atoms with van der Waals surface area (Å²) < 4.78 is 0. The number of rotatable bonds is 0. The summed E-state index contributed by atoms with van der Waals surface area (Å²) in [5.74, 6) is 2.29. The van der Waals surface area contributed by atoms with Crippen molar-refractivity contribution in [3.63, 3.8) is 0 Å². The van der Waals surface area contributed by atoms with E-state index < -0.39 is 0 Å². The van der Waals surface area contributed by atoms with Crippen LogP contribution in [0.3, 0.4) is 0 Å². The van der Waals surface area contributed by atoms with Gasteiger partial charge in [0, 0.05) is 44.0 Å². The molecule has 2 heteroatoms. The van der Waals surface area contributed by atoms with Gasteiger partial charge < -0.3 is 0 Å². The Kier molecular flexibility index (Phi) is 4.43. The molecule has 0 nitrogen and oxygen atoms in total. The molecular weight excluding hydrogens is 328 g/mol. The lowest BCUT2D eigenvalue weighted by atomic mass is 10.1. The van der Waals surface area contributed by atoms with Crippen LogP contribution in [0.1, 0.15) is 11.1 Å². The molecule has 4 rings (SSSR count). The fourth-order valence-electron chi connectivity index (χ4n) is 3.45. The van der Waals surface area contributed by atoms with Crippen LogP contribution in [0.15, 0.2) is 82.6 Å². The lowest BCUT2D eigenvalue weighted by Crippen LogP contribution is -2.13. The van der Waals surface area contributed by atoms with Crippen LogP contribution in [0.2, 0.25) is 0 Å². The van der Waals surface area contributed by atoms with E-state index in [0.29, 0.717) is 0 Å². The molecule has 24 heavy (non-hydrogen) atoms. The van der Waals surface area contributed by atoms with Crippen LogP contribution in [0.25, 0.3) is 11.1 Å². The summed E-state index contributed by atoms with van der Waals surface area (Å²) in [6.45, 7) is 0. The van der Waals surface area contributed by atoms with E-state index in [1.54, 1.807) is 0 Å². The molecule has 3 aromatic carbocycles. The molecule has 1 aliphatic rings. The second-order valence-electron chi connectivity index (χ2n) is 6.32. The van der Waals surface area contributed by atoms with E-state index in [4.69, 9.17) is 0 Å². The predicted octanol–water partition coefficient (Wildman–Crippen LogP) is 5.28. The largest absolute Gasteiger partial charge is 0.162 e. The van der Waals surface area contributed by atoms with E-state index in [1.807, 2.05) is 0 Å². The second kappa shape index (κ2) is 6.70. The van der Waals surface area contributed by atoms with Crippen LogP contribution in [0.5, 0.6) is 0 Å². The zero-order valence-corrected chi connectivity index (χ0v) is 15.8. The fraction of sp³-hybridized carbons (Fsp3) is 0.182. The van der Waals surface area contributed by atoms with Crippen LogP contribution in [-0.2, 0) is 33.3 Å². The molecule has 120 valence electrons. The molecule has 0 bridgehead atoms. The van der Waals surface area contributed by atoms with Crippen molar-refractivity contribution in [1.82, 2.24) is 0 Å². The molecule has 0 saturated carbocycles. The van der Waals surface area contributed by atoms with Gasteiger partial charge in [-0.25, -0.2) is 0 Å². The highest BCUT2D eigenvalue weighted by molar-refractivity contribution is 7.96. The fourth-order valence-corrected chi connectivity index (χ4v) is 6.98. The number of hydrogen-bond acceptors (Lipinski definition) is 0. The molecule has 1 aliphatic heterocycles. The van der Waals surface area contributed by atoms with Gasteiger partial charge in [0.1, 0.15) is 24.0 Å². The lowest BCUT2D eigenvalue weighted by Gasteiger charge is -2.16. The topological polar surface area (TPSA) is 0 Å². The number of fused-ring (bicyclic) bond motifs is 4. The van der Waals surface area contributed by atoms with Gasteiger partial charge in [-0.2, -0.15) is 0 Å². The molecule has 3 aromatic rings. The van der Waals surface area contributed by atoms with Crippen molar-refractivity contribution in [2.24, 2.45) is 0 Å². The molecule has 0 aromatic heterocycles. The SMILES string of the molecule is C[S+]1Cc2ccccc2C[S+](C)c2ccccc2-c2ccccc21. The van der Waals surface area contributed by atoms with Crippen LogP contribution in [-0.4, -0.2) is 12.5 Å². The van der Waals surface area contributed by atoms with Gasteiger partial charge in [0.25, 0.3) is 0 Å². The summed E-state index contributed by atoms with van der Waals surface area (Å²) in [5.41, 5.74) is 5.91. The smallest absolute Gasteiger partial charge is 0.0618 e. The average Bonchev–Trinajstić information content (AvgIpc) is 2.63. The zero-order chi connectivity index (χ0) is 16.5. The normalized spacial score (nSPS) is 19.8. The molecular formula is C22H22S2+2. The Morgan fingerprint density at radius 2 is 0.917 bits per heavy atom. The summed E-state index contributed by atoms with van der Waals surface area (Å²) in [6, 6.07) is 27.0. The van der Waals surface area contributed by atoms with Crippen molar-refractivity contribution in [3.8, 4) is 11.1 Å². The highest BCUT2D eigenvalue weighted by Gasteiger charge is 2.30. The van der Waals surface area contributed by atoms with Gasteiger partial charge in [0.05, 0.1) is 0 Å². The summed E-state index contributed by atoms with van der Waals surface area (Å²) in [4.78, 5) is 3.00. The van der Waals surface area contributed by atoms with E-state index in [0.717, 1.165) is 11.5 Å². The quantitative estimate of drug-likeness (QED) is 0.484. The molecule has 0 spiro atoms. The third-order valence-corrected chi connectivity index (χ3v) is 8.38. The van der Waals surface area contributed by atoms with Crippen LogP contribution < -0.4 is 0 Å². The van der Waals surface area contributed by atoms with Gasteiger partial charge in [0.2, 0.25) is 0 Å². The lowest BCUT2D eigenvalue weighted by molar-refractivity contribution is 1.24. The Balaban J connectivity index is 1.96. The van der Waals surface area contributed by atoms with Gasteiger partial charge >= 0.3 is 0 Å². The zero-order valence-electron chi connectivity index (χ0n) is 14.2. The molecule has 2 atom stereocenters. The van der Waals surface area contributed by atoms with Crippen molar-refractivity contribution >= 4 is 21.8 Å². The summed E-state index contributed by atoms with van der Waals surface area (Å²) >= 11 is 0. The van der Waals surface area contributed by atoms with Gasteiger partial charge in [-0.1, -0.05) is 48.5 Å². The standard InChI is InChI=1S/C22H22S2/c1-23-15-17-9-3-4-10-18(17)16-24(2)22-14-8-6-12-20(22)19-11-5-7-13-21(19)23/h3-14H,15-16H2,1-2H3/q+2. The maximum absolute atomic E-state index is 2.39. The predicted molar refractivity (Wildman–Crippen MR) is 109 cm³/mol. The highest BCUT2D eigenvalue weighted by Crippen LogP contribution is 2.36. The van der Waals surface area contributed by atoms with Gasteiger partial charge in [-0.15, -0.1) is 0 Å². The number of hydrogen-bond donors (Lipinski definition) is 0. The molecule has 0 N–H and O–H groups in total. The molecule has 0 radical (unpaired) electrons. The van der Waals surface area contributed by atoms with Gasteiger partial charge in [-0.05, 0) is 24.3 Å². The maximum atomic E-state index is 2.39. The first kappa shape index (κ1) is 15.9. The van der Waals surface area contributed by atoms with Crippen molar-refractivity contribution < 1.29 is 0 Å². The van der Waals surface area contributed by atoms with E-state index >= 15 is 0 Å². The molecule has 1 heterocycles. The van der Waals surface area contributed by atoms with Crippen molar-refractivity contribution in [1.29, 1.82) is 0 Å². The van der Waals surface area contributed by atoms with E-state index in [2.05, 4.69) is 85.3 Å². The van der Waals surface area contributed by atoms with Crippen LogP contribution >= 0.6 is 0 Å². The van der Waals surface area contributed by atoms with Crippen LogP contribution in [0.4, 0.5) is 0 Å². The maximum Gasteiger partial charge on any atom is 0.162 e. The molecule has 2 unspecified atom stereocenters. The van der Waals surface area contributed by atoms with E-state index in [-0.39, 0.29) is 21.8 Å². The minimum Gasteiger partial charge on any atom is -0.0618 e. The van der Waals surface area contributed by atoms with Crippen molar-refractivity contribution in [3.05, 3.63) is 83.9 Å². The summed E-state index contributed by atoms with van der Waals surface area (Å²) in [5, 5.41) is 0. The Morgan fingerprint density at radius 1 is 0.542 bits per heavy atom. The Morgan fingerprint density at radius 3 is 1.38 bits per heavy atom. The minimum atomic E-state index is 0.211. The van der Waals surface area contributed by atoms with Crippen LogP contribution in [0, 0.1) is 0 Å². The Hall–Kier alpha value is -1.64. The van der Waals surface area contributed by atoms with Gasteiger partial charge in [0.15, 0.2) is 9.79 Å². The summed E-state index contributed by atoms with van der Waals surface area (Å²) in [7, 11) is 0.422. The highest BCUT2D eigenvalue weighted by atomic mass is 32.2. The Bertz CT molecular complexity index is 797. The second-order valence-corrected chi connectivity index (χ2v) is 10.3. The number of benzene rings is 3. The van der Waals surface area contributed by atoms with Gasteiger partial charge in [-0.3, -0.25) is 0 Å². The average molecular weight is 351 g/mol. The third-order valence-electron chi connectivity index (χ3n) is 4.68. The minimum absolute atomic E-state index is 0.211. The first-order chi connectivity index (χ1) is 11.7. The summed E-state index contributed by atoms with van der Waals surface area (Å²) in [6.07, 6.45) is 4.79.